The minimum Gasteiger partial charge on any atom is -0.478 e. The summed E-state index contributed by atoms with van der Waals surface area (Å²) in [5.74, 6) is 0.0543. The lowest BCUT2D eigenvalue weighted by molar-refractivity contribution is 0.0697. The number of benzene rings is 1. The topological polar surface area (TPSA) is 58.4 Å². The number of aromatic carboxylic acids is 1. The van der Waals surface area contributed by atoms with Gasteiger partial charge in [0, 0.05) is 20.0 Å². The molecule has 0 aliphatic rings. The van der Waals surface area contributed by atoms with Gasteiger partial charge >= 0.3 is 5.97 Å². The molecule has 1 aromatic heterocycles. The highest BCUT2D eigenvalue weighted by Gasteiger charge is 2.10. The van der Waals surface area contributed by atoms with Gasteiger partial charge in [-0.25, -0.2) is 9.78 Å². The molecular weight excluding hydrogens is 230 g/mol. The lowest BCUT2D eigenvalue weighted by Crippen LogP contribution is -2.16. The molecule has 0 unspecified atom stereocenters. The Kier molecular flexibility index (Phi) is 3.34. The highest BCUT2D eigenvalue weighted by Crippen LogP contribution is 2.17. The molecule has 1 heterocycles. The number of carboxylic acids is 1. The lowest BCUT2D eigenvalue weighted by atomic mass is 10.2. The molecule has 0 fully saturated rings. The van der Waals surface area contributed by atoms with E-state index in [9.17, 15) is 4.79 Å². The van der Waals surface area contributed by atoms with Crippen molar-refractivity contribution in [1.29, 1.82) is 0 Å². The Morgan fingerprint density at radius 3 is 2.78 bits per heavy atom. The van der Waals surface area contributed by atoms with E-state index in [2.05, 4.69) is 9.88 Å². The van der Waals surface area contributed by atoms with Crippen LogP contribution in [0.25, 0.3) is 11.0 Å². The van der Waals surface area contributed by atoms with Crippen LogP contribution < -0.4 is 0 Å². The molecule has 0 aliphatic heterocycles. The molecule has 0 saturated heterocycles. The van der Waals surface area contributed by atoms with E-state index in [1.165, 1.54) is 0 Å². The Hall–Kier alpha value is -1.88. The van der Waals surface area contributed by atoms with E-state index in [1.807, 2.05) is 31.8 Å². The van der Waals surface area contributed by atoms with Crippen molar-refractivity contribution in [3.8, 4) is 0 Å². The predicted octanol–water partition coefficient (Wildman–Crippen LogP) is 1.38. The van der Waals surface area contributed by atoms with Crippen LogP contribution in [-0.2, 0) is 13.5 Å². The van der Waals surface area contributed by atoms with Crippen molar-refractivity contribution in [2.75, 3.05) is 20.6 Å². The zero-order valence-corrected chi connectivity index (χ0v) is 10.8. The number of aryl methyl sites for hydroxylation is 1. The van der Waals surface area contributed by atoms with Gasteiger partial charge in [0.1, 0.15) is 5.82 Å². The fraction of sp³-hybridized carbons (Fsp3) is 0.385. The first-order chi connectivity index (χ1) is 8.49. The average Bonchev–Trinajstić information content (AvgIpc) is 2.63. The molecule has 5 nitrogen and oxygen atoms in total. The third kappa shape index (κ3) is 2.36. The SMILES string of the molecule is CN(C)CCc1nc2cc(C(=O)O)ccc2n1C. The Morgan fingerprint density at radius 1 is 1.44 bits per heavy atom. The summed E-state index contributed by atoms with van der Waals surface area (Å²) in [6.07, 6.45) is 0.848. The van der Waals surface area contributed by atoms with E-state index >= 15 is 0 Å². The first kappa shape index (κ1) is 12.6. The molecule has 0 atom stereocenters. The normalized spacial score (nSPS) is 11.3. The second kappa shape index (κ2) is 4.78. The summed E-state index contributed by atoms with van der Waals surface area (Å²) in [6.45, 7) is 0.920. The number of carboxylic acid groups (broad SMARTS) is 1. The van der Waals surface area contributed by atoms with Crippen molar-refractivity contribution in [1.82, 2.24) is 14.5 Å². The second-order valence-electron chi connectivity index (χ2n) is 4.65. The van der Waals surface area contributed by atoms with Crippen molar-refractivity contribution in [2.45, 2.75) is 6.42 Å². The van der Waals surface area contributed by atoms with Gasteiger partial charge in [0.25, 0.3) is 0 Å². The van der Waals surface area contributed by atoms with Crippen LogP contribution in [0.15, 0.2) is 18.2 Å². The first-order valence-electron chi connectivity index (χ1n) is 5.82. The van der Waals surface area contributed by atoms with E-state index < -0.39 is 5.97 Å². The third-order valence-electron chi connectivity index (χ3n) is 3.00. The van der Waals surface area contributed by atoms with Gasteiger partial charge in [-0.05, 0) is 32.3 Å². The van der Waals surface area contributed by atoms with Crippen LogP contribution in [0.4, 0.5) is 0 Å². The fourth-order valence-electron chi connectivity index (χ4n) is 1.93. The first-order valence-corrected chi connectivity index (χ1v) is 5.82. The molecular formula is C13H17N3O2. The number of fused-ring (bicyclic) bond motifs is 1. The van der Waals surface area contributed by atoms with Gasteiger partial charge in [0.2, 0.25) is 0 Å². The Balaban J connectivity index is 2.39. The maximum atomic E-state index is 10.9. The van der Waals surface area contributed by atoms with E-state index in [-0.39, 0.29) is 5.56 Å². The molecule has 0 aliphatic carbocycles. The van der Waals surface area contributed by atoms with Crippen LogP contribution >= 0.6 is 0 Å². The van der Waals surface area contributed by atoms with Crippen LogP contribution in [0, 0.1) is 0 Å². The summed E-state index contributed by atoms with van der Waals surface area (Å²) in [5.41, 5.74) is 1.99. The highest BCUT2D eigenvalue weighted by atomic mass is 16.4. The van der Waals surface area contributed by atoms with Crippen LogP contribution in [0.5, 0.6) is 0 Å². The third-order valence-corrected chi connectivity index (χ3v) is 3.00. The van der Waals surface area contributed by atoms with Gasteiger partial charge in [0.05, 0.1) is 16.6 Å². The van der Waals surface area contributed by atoms with Crippen molar-refractivity contribution in [3.05, 3.63) is 29.6 Å². The maximum absolute atomic E-state index is 10.9. The molecule has 0 saturated carbocycles. The molecule has 0 amide bonds. The van der Waals surface area contributed by atoms with Gasteiger partial charge in [-0.15, -0.1) is 0 Å². The molecule has 1 N–H and O–H groups in total. The average molecular weight is 247 g/mol. The summed E-state index contributed by atoms with van der Waals surface area (Å²) in [6, 6.07) is 5.05. The molecule has 0 radical (unpaired) electrons. The number of hydrogen-bond donors (Lipinski definition) is 1. The van der Waals surface area contributed by atoms with Crippen LogP contribution in [-0.4, -0.2) is 46.2 Å². The molecule has 18 heavy (non-hydrogen) atoms. The highest BCUT2D eigenvalue weighted by molar-refractivity contribution is 5.92. The minimum absolute atomic E-state index is 0.278. The zero-order chi connectivity index (χ0) is 13.3. The monoisotopic (exact) mass is 247 g/mol. The number of carbonyl (C=O) groups is 1. The van der Waals surface area contributed by atoms with Gasteiger partial charge in [-0.1, -0.05) is 0 Å². The van der Waals surface area contributed by atoms with E-state index in [4.69, 9.17) is 5.11 Å². The van der Waals surface area contributed by atoms with Crippen molar-refractivity contribution in [3.63, 3.8) is 0 Å². The van der Waals surface area contributed by atoms with Gasteiger partial charge in [-0.3, -0.25) is 0 Å². The fourth-order valence-corrected chi connectivity index (χ4v) is 1.93. The quantitative estimate of drug-likeness (QED) is 0.886. The van der Waals surface area contributed by atoms with Gasteiger partial charge < -0.3 is 14.6 Å². The van der Waals surface area contributed by atoms with E-state index in [0.717, 1.165) is 29.8 Å². The molecule has 96 valence electrons. The number of rotatable bonds is 4. The molecule has 0 spiro atoms. The number of nitrogens with zero attached hydrogens (tertiary/aromatic N) is 3. The number of hydrogen-bond acceptors (Lipinski definition) is 3. The van der Waals surface area contributed by atoms with E-state index in [1.54, 1.807) is 12.1 Å². The Bertz CT molecular complexity index is 587. The smallest absolute Gasteiger partial charge is 0.335 e. The van der Waals surface area contributed by atoms with Gasteiger partial charge in [-0.2, -0.15) is 0 Å². The van der Waals surface area contributed by atoms with E-state index in [0.29, 0.717) is 0 Å². The van der Waals surface area contributed by atoms with Crippen LogP contribution in [0.1, 0.15) is 16.2 Å². The maximum Gasteiger partial charge on any atom is 0.335 e. The molecule has 2 rings (SSSR count). The lowest BCUT2D eigenvalue weighted by Gasteiger charge is -2.08. The van der Waals surface area contributed by atoms with Crippen LogP contribution in [0.2, 0.25) is 0 Å². The predicted molar refractivity (Wildman–Crippen MR) is 69.9 cm³/mol. The summed E-state index contributed by atoms with van der Waals surface area (Å²) in [4.78, 5) is 17.5. The molecule has 2 aromatic rings. The summed E-state index contributed by atoms with van der Waals surface area (Å²) in [5, 5.41) is 8.96. The summed E-state index contributed by atoms with van der Waals surface area (Å²) < 4.78 is 2.02. The number of aromatic nitrogens is 2. The van der Waals surface area contributed by atoms with Gasteiger partial charge in [0.15, 0.2) is 0 Å². The minimum atomic E-state index is -0.919. The van der Waals surface area contributed by atoms with Crippen molar-refractivity contribution >= 4 is 17.0 Å². The van der Waals surface area contributed by atoms with Crippen LogP contribution in [0.3, 0.4) is 0 Å². The molecule has 0 bridgehead atoms. The van der Waals surface area contributed by atoms with Crippen molar-refractivity contribution < 1.29 is 9.90 Å². The summed E-state index contributed by atoms with van der Waals surface area (Å²) in [7, 11) is 6.00. The number of imidazole rings is 1. The second-order valence-corrected chi connectivity index (χ2v) is 4.65. The largest absolute Gasteiger partial charge is 0.478 e. The standard InChI is InChI=1S/C13H17N3O2/c1-15(2)7-6-12-14-10-8-9(13(17)18)4-5-11(10)16(12)3/h4-5,8H,6-7H2,1-3H3,(H,17,18). The molecule has 5 heteroatoms. The van der Waals surface area contributed by atoms with Crippen molar-refractivity contribution in [2.24, 2.45) is 7.05 Å². The number of likely N-dealkylation sites (N-methyl/N-ethyl adjacent to an activating group) is 1. The molecule has 1 aromatic carbocycles. The Morgan fingerprint density at radius 2 is 2.17 bits per heavy atom. The zero-order valence-electron chi connectivity index (χ0n) is 10.8. The summed E-state index contributed by atoms with van der Waals surface area (Å²) >= 11 is 0. The Labute approximate surface area is 106 Å².